The molecule has 0 bridgehead atoms. The fourth-order valence-corrected chi connectivity index (χ4v) is 1.72. The number of benzene rings is 1. The lowest BCUT2D eigenvalue weighted by molar-refractivity contribution is -0.121. The van der Waals surface area contributed by atoms with Crippen molar-refractivity contribution in [3.63, 3.8) is 0 Å². The van der Waals surface area contributed by atoms with Crippen molar-refractivity contribution in [1.82, 2.24) is 10.2 Å². The normalized spacial score (nSPS) is 15.4. The first kappa shape index (κ1) is 12.1. The Morgan fingerprint density at radius 2 is 1.94 bits per heavy atom. The van der Waals surface area contributed by atoms with E-state index in [0.717, 1.165) is 5.56 Å². The van der Waals surface area contributed by atoms with Crippen LogP contribution >= 0.6 is 0 Å². The van der Waals surface area contributed by atoms with Crippen LogP contribution in [0.4, 0.5) is 4.79 Å². The average Bonchev–Trinajstić information content (AvgIpc) is 2.33. The molecular weight excluding hydrogens is 236 g/mol. The van der Waals surface area contributed by atoms with Crippen LogP contribution in [0.2, 0.25) is 0 Å². The molecule has 2 N–H and O–H groups in total. The zero-order valence-electron chi connectivity index (χ0n) is 9.55. The molecule has 1 fully saturated rings. The SMILES string of the molecule is O=C1CCN(Cc2ccc(C(=O)O)cc2)C(=O)N1. The van der Waals surface area contributed by atoms with E-state index in [0.29, 0.717) is 19.5 Å². The molecule has 3 amide bonds. The number of nitrogens with one attached hydrogen (secondary N) is 1. The zero-order valence-corrected chi connectivity index (χ0v) is 9.55. The van der Waals surface area contributed by atoms with Gasteiger partial charge >= 0.3 is 12.0 Å². The van der Waals surface area contributed by atoms with E-state index >= 15 is 0 Å². The molecule has 1 saturated heterocycles. The first-order valence-corrected chi connectivity index (χ1v) is 5.47. The summed E-state index contributed by atoms with van der Waals surface area (Å²) >= 11 is 0. The molecule has 0 atom stereocenters. The number of aromatic carboxylic acids is 1. The molecule has 0 spiro atoms. The Bertz CT molecular complexity index is 495. The highest BCUT2D eigenvalue weighted by molar-refractivity contribution is 5.96. The maximum Gasteiger partial charge on any atom is 0.335 e. The van der Waals surface area contributed by atoms with Crippen LogP contribution in [0.1, 0.15) is 22.3 Å². The molecule has 2 rings (SSSR count). The van der Waals surface area contributed by atoms with Gasteiger partial charge in [-0.3, -0.25) is 10.1 Å². The van der Waals surface area contributed by atoms with Crippen LogP contribution in [-0.2, 0) is 11.3 Å². The van der Waals surface area contributed by atoms with Gasteiger partial charge in [0.1, 0.15) is 0 Å². The summed E-state index contributed by atoms with van der Waals surface area (Å²) in [6, 6.07) is 5.89. The number of hydrogen-bond acceptors (Lipinski definition) is 3. The van der Waals surface area contributed by atoms with Gasteiger partial charge in [-0.2, -0.15) is 0 Å². The predicted molar refractivity (Wildman–Crippen MR) is 62.0 cm³/mol. The number of imide groups is 1. The molecule has 0 unspecified atom stereocenters. The zero-order chi connectivity index (χ0) is 13.1. The van der Waals surface area contributed by atoms with Gasteiger partial charge in [0.15, 0.2) is 0 Å². The van der Waals surface area contributed by atoms with Crippen molar-refractivity contribution in [3.05, 3.63) is 35.4 Å². The topological polar surface area (TPSA) is 86.7 Å². The molecular formula is C12H12N2O4. The monoisotopic (exact) mass is 248 g/mol. The molecule has 94 valence electrons. The van der Waals surface area contributed by atoms with Crippen LogP contribution in [0.15, 0.2) is 24.3 Å². The Kier molecular flexibility index (Phi) is 3.27. The highest BCUT2D eigenvalue weighted by Crippen LogP contribution is 2.10. The van der Waals surface area contributed by atoms with Gasteiger partial charge in [-0.15, -0.1) is 0 Å². The van der Waals surface area contributed by atoms with Gasteiger partial charge in [-0.05, 0) is 17.7 Å². The first-order chi connectivity index (χ1) is 8.56. The Labute approximate surface area is 103 Å². The molecule has 1 heterocycles. The molecule has 18 heavy (non-hydrogen) atoms. The summed E-state index contributed by atoms with van der Waals surface area (Å²) in [7, 11) is 0. The van der Waals surface area contributed by atoms with Crippen molar-refractivity contribution in [2.45, 2.75) is 13.0 Å². The van der Waals surface area contributed by atoms with E-state index < -0.39 is 12.0 Å². The molecule has 1 aliphatic heterocycles. The average molecular weight is 248 g/mol. The van der Waals surface area contributed by atoms with Crippen LogP contribution in [0, 0.1) is 0 Å². The minimum atomic E-state index is -0.983. The van der Waals surface area contributed by atoms with E-state index in [2.05, 4.69) is 5.32 Å². The summed E-state index contributed by atoms with van der Waals surface area (Å²) in [6.07, 6.45) is 0.291. The quantitative estimate of drug-likeness (QED) is 0.829. The van der Waals surface area contributed by atoms with Crippen LogP contribution in [0.25, 0.3) is 0 Å². The number of carboxylic acid groups (broad SMARTS) is 1. The van der Waals surface area contributed by atoms with Gasteiger partial charge in [0, 0.05) is 19.5 Å². The lowest BCUT2D eigenvalue weighted by atomic mass is 10.1. The van der Waals surface area contributed by atoms with E-state index in [1.165, 1.54) is 17.0 Å². The van der Waals surface area contributed by atoms with Crippen molar-refractivity contribution in [2.24, 2.45) is 0 Å². The molecule has 0 aliphatic carbocycles. The lowest BCUT2D eigenvalue weighted by Crippen LogP contribution is -2.48. The van der Waals surface area contributed by atoms with Crippen LogP contribution in [0.3, 0.4) is 0 Å². The maximum absolute atomic E-state index is 11.5. The third-order valence-corrected chi connectivity index (χ3v) is 2.72. The molecule has 0 radical (unpaired) electrons. The number of nitrogens with zero attached hydrogens (tertiary/aromatic N) is 1. The standard InChI is InChI=1S/C12H12N2O4/c15-10-5-6-14(12(18)13-10)7-8-1-3-9(4-2-8)11(16)17/h1-4H,5-7H2,(H,16,17)(H,13,15,18). The maximum atomic E-state index is 11.5. The summed E-state index contributed by atoms with van der Waals surface area (Å²) < 4.78 is 0. The number of rotatable bonds is 3. The minimum Gasteiger partial charge on any atom is -0.478 e. The fraction of sp³-hybridized carbons (Fsp3) is 0.250. The fourth-order valence-electron chi connectivity index (χ4n) is 1.72. The summed E-state index contributed by atoms with van der Waals surface area (Å²) in [4.78, 5) is 34.6. The van der Waals surface area contributed by atoms with Gasteiger partial charge in [-0.25, -0.2) is 9.59 Å². The predicted octanol–water partition coefficient (Wildman–Crippen LogP) is 0.827. The molecule has 1 aliphatic rings. The van der Waals surface area contributed by atoms with Crippen molar-refractivity contribution in [3.8, 4) is 0 Å². The van der Waals surface area contributed by atoms with Crippen LogP contribution < -0.4 is 5.32 Å². The largest absolute Gasteiger partial charge is 0.478 e. The summed E-state index contributed by atoms with van der Waals surface area (Å²) in [5.41, 5.74) is 1.03. The van der Waals surface area contributed by atoms with Gasteiger partial charge in [0.25, 0.3) is 0 Å². The highest BCUT2D eigenvalue weighted by Gasteiger charge is 2.22. The smallest absolute Gasteiger partial charge is 0.335 e. The number of carbonyl (C=O) groups excluding carboxylic acids is 2. The van der Waals surface area contributed by atoms with E-state index in [-0.39, 0.29) is 11.5 Å². The van der Waals surface area contributed by atoms with E-state index in [9.17, 15) is 14.4 Å². The summed E-state index contributed by atoms with van der Waals surface area (Å²) in [6.45, 7) is 0.740. The number of carbonyl (C=O) groups is 3. The summed E-state index contributed by atoms with van der Waals surface area (Å²) in [5.74, 6) is -1.25. The first-order valence-electron chi connectivity index (χ1n) is 5.47. The molecule has 1 aromatic rings. The number of amides is 3. The van der Waals surface area contributed by atoms with Crippen molar-refractivity contribution >= 4 is 17.9 Å². The second-order valence-electron chi connectivity index (χ2n) is 4.03. The van der Waals surface area contributed by atoms with E-state index in [1.54, 1.807) is 12.1 Å². The molecule has 0 saturated carbocycles. The van der Waals surface area contributed by atoms with Crippen molar-refractivity contribution in [1.29, 1.82) is 0 Å². The van der Waals surface area contributed by atoms with Crippen molar-refractivity contribution < 1.29 is 19.5 Å². The van der Waals surface area contributed by atoms with Gasteiger partial charge in [-0.1, -0.05) is 12.1 Å². The Balaban J connectivity index is 2.03. The second kappa shape index (κ2) is 4.87. The molecule has 6 nitrogen and oxygen atoms in total. The number of urea groups is 1. The third kappa shape index (κ3) is 2.65. The van der Waals surface area contributed by atoms with Gasteiger partial charge < -0.3 is 10.0 Å². The Hall–Kier alpha value is -2.37. The van der Waals surface area contributed by atoms with E-state index in [4.69, 9.17) is 5.11 Å². The third-order valence-electron chi connectivity index (χ3n) is 2.72. The highest BCUT2D eigenvalue weighted by atomic mass is 16.4. The van der Waals surface area contributed by atoms with Crippen molar-refractivity contribution in [2.75, 3.05) is 6.54 Å². The second-order valence-corrected chi connectivity index (χ2v) is 4.03. The van der Waals surface area contributed by atoms with E-state index in [1.807, 2.05) is 0 Å². The van der Waals surface area contributed by atoms with Gasteiger partial charge in [0.2, 0.25) is 5.91 Å². The summed E-state index contributed by atoms with van der Waals surface area (Å²) in [5, 5.41) is 11.0. The minimum absolute atomic E-state index is 0.206. The number of carboxylic acids is 1. The van der Waals surface area contributed by atoms with Gasteiger partial charge in [0.05, 0.1) is 5.56 Å². The Morgan fingerprint density at radius 1 is 1.28 bits per heavy atom. The lowest BCUT2D eigenvalue weighted by Gasteiger charge is -2.26. The van der Waals surface area contributed by atoms with Crippen LogP contribution in [0.5, 0.6) is 0 Å². The Morgan fingerprint density at radius 3 is 2.50 bits per heavy atom. The van der Waals surface area contributed by atoms with Crippen LogP contribution in [-0.4, -0.2) is 34.5 Å². The number of hydrogen-bond donors (Lipinski definition) is 2. The molecule has 0 aromatic heterocycles. The molecule has 6 heteroatoms. The molecule has 1 aromatic carbocycles.